The predicted octanol–water partition coefficient (Wildman–Crippen LogP) is 1.11. The fraction of sp³-hybridized carbons (Fsp3) is 0.923. The third kappa shape index (κ3) is 6.93. The first-order valence-electron chi connectivity index (χ1n) is 6.86. The minimum absolute atomic E-state index is 0.223. The summed E-state index contributed by atoms with van der Waals surface area (Å²) in [5.41, 5.74) is 0. The molecule has 106 valence electrons. The van der Waals surface area contributed by atoms with Crippen LogP contribution >= 0.6 is 0 Å². The maximum absolute atomic E-state index is 11.7. The molecule has 0 bridgehead atoms. The Kier molecular flexibility index (Phi) is 7.96. The fourth-order valence-electron chi connectivity index (χ4n) is 1.53. The van der Waals surface area contributed by atoms with E-state index in [9.17, 15) is 4.79 Å². The van der Waals surface area contributed by atoms with Crippen LogP contribution in [0.3, 0.4) is 0 Å². The Hall–Kier alpha value is -0.650. The Labute approximate surface area is 109 Å². The van der Waals surface area contributed by atoms with Crippen LogP contribution in [-0.2, 0) is 19.0 Å². The van der Waals surface area contributed by atoms with Crippen molar-refractivity contribution < 1.29 is 19.0 Å². The number of hydrogen-bond acceptors (Lipinski definition) is 5. The van der Waals surface area contributed by atoms with Gasteiger partial charge in [-0.2, -0.15) is 0 Å². The van der Waals surface area contributed by atoms with E-state index in [4.69, 9.17) is 14.2 Å². The Balaban J connectivity index is 2.12. The van der Waals surface area contributed by atoms with E-state index >= 15 is 0 Å². The minimum atomic E-state index is -0.344. The van der Waals surface area contributed by atoms with Crippen molar-refractivity contribution in [3.8, 4) is 0 Å². The first kappa shape index (κ1) is 15.4. The van der Waals surface area contributed by atoms with E-state index in [0.29, 0.717) is 32.5 Å². The van der Waals surface area contributed by atoms with Gasteiger partial charge in [0.1, 0.15) is 6.04 Å². The lowest BCUT2D eigenvalue weighted by Gasteiger charge is -2.17. The number of rotatable bonds is 11. The number of carbonyl (C=O) groups excluding carboxylic acids is 1. The molecule has 0 saturated heterocycles. The van der Waals surface area contributed by atoms with Crippen molar-refractivity contribution in [3.63, 3.8) is 0 Å². The molecule has 0 aromatic rings. The highest BCUT2D eigenvalue weighted by Crippen LogP contribution is 2.19. The maximum atomic E-state index is 11.7. The maximum Gasteiger partial charge on any atom is 0.325 e. The van der Waals surface area contributed by atoms with E-state index in [0.717, 1.165) is 25.9 Å². The zero-order valence-corrected chi connectivity index (χ0v) is 11.4. The summed E-state index contributed by atoms with van der Waals surface area (Å²) in [4.78, 5) is 11.7. The molecule has 0 heterocycles. The van der Waals surface area contributed by atoms with Crippen molar-refractivity contribution in [2.24, 2.45) is 0 Å². The van der Waals surface area contributed by atoms with Crippen LogP contribution in [0.15, 0.2) is 0 Å². The van der Waals surface area contributed by atoms with Gasteiger partial charge in [0, 0.05) is 12.6 Å². The topological polar surface area (TPSA) is 56.8 Å². The zero-order chi connectivity index (χ0) is 13.2. The lowest BCUT2D eigenvalue weighted by molar-refractivity contribution is -0.147. The Morgan fingerprint density at radius 2 is 1.94 bits per heavy atom. The molecule has 1 unspecified atom stereocenters. The molecule has 0 spiro atoms. The van der Waals surface area contributed by atoms with Crippen LogP contribution in [0, 0.1) is 0 Å². The highest BCUT2D eigenvalue weighted by molar-refractivity contribution is 5.76. The zero-order valence-electron chi connectivity index (χ0n) is 11.4. The third-order valence-electron chi connectivity index (χ3n) is 2.59. The molecule has 5 nitrogen and oxygen atoms in total. The molecule has 0 amide bonds. The van der Waals surface area contributed by atoms with Crippen molar-refractivity contribution in [2.45, 2.75) is 45.2 Å². The van der Waals surface area contributed by atoms with Crippen LogP contribution in [0.1, 0.15) is 33.1 Å². The first-order valence-corrected chi connectivity index (χ1v) is 6.86. The monoisotopic (exact) mass is 259 g/mol. The third-order valence-corrected chi connectivity index (χ3v) is 2.59. The first-order chi connectivity index (χ1) is 8.77. The summed E-state index contributed by atoms with van der Waals surface area (Å²) in [6.45, 7) is 6.48. The normalized spacial score (nSPS) is 16.6. The van der Waals surface area contributed by atoms with Crippen LogP contribution in [0.25, 0.3) is 0 Å². The van der Waals surface area contributed by atoms with Crippen molar-refractivity contribution in [1.82, 2.24) is 5.32 Å². The number of ether oxygens (including phenoxy) is 3. The highest BCUT2D eigenvalue weighted by atomic mass is 16.5. The van der Waals surface area contributed by atoms with E-state index in [-0.39, 0.29) is 12.0 Å². The molecule has 5 heteroatoms. The van der Waals surface area contributed by atoms with Gasteiger partial charge in [-0.25, -0.2) is 0 Å². The van der Waals surface area contributed by atoms with Gasteiger partial charge in [-0.05, 0) is 26.2 Å². The number of hydrogen-bond donors (Lipinski definition) is 1. The molecule has 1 aliphatic carbocycles. The van der Waals surface area contributed by atoms with Gasteiger partial charge in [-0.1, -0.05) is 6.92 Å². The molecule has 0 radical (unpaired) electrons. The van der Waals surface area contributed by atoms with Gasteiger partial charge < -0.3 is 14.2 Å². The largest absolute Gasteiger partial charge is 0.465 e. The van der Waals surface area contributed by atoms with Gasteiger partial charge in [0.25, 0.3) is 0 Å². The van der Waals surface area contributed by atoms with Crippen molar-refractivity contribution in [2.75, 3.05) is 33.0 Å². The molecule has 1 rings (SSSR count). The molecular weight excluding hydrogens is 234 g/mol. The quantitative estimate of drug-likeness (QED) is 0.445. The molecule has 1 fully saturated rings. The number of nitrogens with one attached hydrogen (secondary N) is 1. The average Bonchev–Trinajstić information content (AvgIpc) is 3.16. The van der Waals surface area contributed by atoms with Crippen molar-refractivity contribution in [1.29, 1.82) is 0 Å². The summed E-state index contributed by atoms with van der Waals surface area (Å²) in [6, 6.07) is 0.114. The fourth-order valence-corrected chi connectivity index (χ4v) is 1.53. The van der Waals surface area contributed by atoms with Crippen LogP contribution in [0.5, 0.6) is 0 Å². The smallest absolute Gasteiger partial charge is 0.325 e. The van der Waals surface area contributed by atoms with Gasteiger partial charge in [-0.3, -0.25) is 10.1 Å². The van der Waals surface area contributed by atoms with Gasteiger partial charge in [0.05, 0.1) is 26.4 Å². The van der Waals surface area contributed by atoms with Crippen molar-refractivity contribution >= 4 is 5.97 Å². The molecule has 0 aromatic carbocycles. The van der Waals surface area contributed by atoms with Crippen LogP contribution in [0.4, 0.5) is 0 Å². The lowest BCUT2D eigenvalue weighted by Crippen LogP contribution is -2.43. The number of carbonyl (C=O) groups is 1. The molecule has 0 aliphatic heterocycles. The Bertz CT molecular complexity index is 231. The summed E-state index contributed by atoms with van der Waals surface area (Å²) < 4.78 is 15.8. The second-order valence-corrected chi connectivity index (χ2v) is 4.43. The molecule has 1 atom stereocenters. The van der Waals surface area contributed by atoms with E-state index in [1.807, 2.05) is 6.92 Å². The lowest BCUT2D eigenvalue weighted by atomic mass is 10.3. The van der Waals surface area contributed by atoms with Crippen LogP contribution in [0.2, 0.25) is 0 Å². The van der Waals surface area contributed by atoms with E-state index in [1.54, 1.807) is 0 Å². The number of esters is 1. The second-order valence-electron chi connectivity index (χ2n) is 4.43. The summed E-state index contributed by atoms with van der Waals surface area (Å²) in [7, 11) is 0. The second kappa shape index (κ2) is 9.30. The van der Waals surface area contributed by atoms with E-state index in [2.05, 4.69) is 12.2 Å². The molecule has 1 aliphatic rings. The van der Waals surface area contributed by atoms with Gasteiger partial charge in [-0.15, -0.1) is 0 Å². The van der Waals surface area contributed by atoms with Gasteiger partial charge in [0.15, 0.2) is 0 Å². The summed E-state index contributed by atoms with van der Waals surface area (Å²) in [6.07, 6.45) is 3.28. The van der Waals surface area contributed by atoms with Crippen molar-refractivity contribution in [3.05, 3.63) is 0 Å². The molecule has 1 N–H and O–H groups in total. The molecule has 18 heavy (non-hydrogen) atoms. The highest BCUT2D eigenvalue weighted by Gasteiger charge is 2.29. The molecular formula is C13H25NO4. The summed E-state index contributed by atoms with van der Waals surface area (Å²) in [5, 5.41) is 3.24. The minimum Gasteiger partial charge on any atom is -0.465 e. The summed E-state index contributed by atoms with van der Waals surface area (Å²) >= 11 is 0. The standard InChI is InChI=1S/C13H25NO4/c1-3-7-16-8-9-17-10-12(13(15)18-4-2)14-11-5-6-11/h11-12,14H,3-10H2,1-2H3. The predicted molar refractivity (Wildman–Crippen MR) is 68.5 cm³/mol. The van der Waals surface area contributed by atoms with Gasteiger partial charge >= 0.3 is 5.97 Å². The van der Waals surface area contributed by atoms with Crippen LogP contribution < -0.4 is 5.32 Å². The van der Waals surface area contributed by atoms with E-state index in [1.165, 1.54) is 0 Å². The molecule has 1 saturated carbocycles. The average molecular weight is 259 g/mol. The summed E-state index contributed by atoms with van der Waals surface area (Å²) in [5.74, 6) is -0.223. The Morgan fingerprint density at radius 3 is 2.56 bits per heavy atom. The van der Waals surface area contributed by atoms with Crippen LogP contribution in [-0.4, -0.2) is 51.1 Å². The SMILES string of the molecule is CCCOCCOCC(NC1CC1)C(=O)OCC. The van der Waals surface area contributed by atoms with Gasteiger partial charge in [0.2, 0.25) is 0 Å². The Morgan fingerprint density at radius 1 is 1.22 bits per heavy atom. The molecule has 0 aromatic heterocycles. The van der Waals surface area contributed by atoms with E-state index < -0.39 is 0 Å².